The first kappa shape index (κ1) is 16.9. The van der Waals surface area contributed by atoms with Gasteiger partial charge in [0.15, 0.2) is 0 Å². The molecule has 6 nitrogen and oxygen atoms in total. The van der Waals surface area contributed by atoms with Gasteiger partial charge in [-0.3, -0.25) is 4.79 Å². The Morgan fingerprint density at radius 3 is 2.79 bits per heavy atom. The maximum Gasteiger partial charge on any atom is 0.322 e. The number of aliphatic carboxylic acids is 1. The SMILES string of the molecule is Cc1c(S(=O)(=O)N2CCCC(C)C2C(=O)O)oc2ccc(F)cc12. The second-order valence-electron chi connectivity index (χ2n) is 6.17. The van der Waals surface area contributed by atoms with Gasteiger partial charge in [-0.25, -0.2) is 12.8 Å². The molecule has 0 aliphatic carbocycles. The monoisotopic (exact) mass is 355 g/mol. The second kappa shape index (κ2) is 5.86. The van der Waals surface area contributed by atoms with Crippen molar-refractivity contribution in [3.8, 4) is 0 Å². The third-order valence-corrected chi connectivity index (χ3v) is 6.42. The van der Waals surface area contributed by atoms with E-state index in [2.05, 4.69) is 0 Å². The van der Waals surface area contributed by atoms with Gasteiger partial charge in [0.2, 0.25) is 5.09 Å². The zero-order valence-electron chi connectivity index (χ0n) is 13.3. The molecule has 2 aromatic rings. The van der Waals surface area contributed by atoms with E-state index in [1.54, 1.807) is 6.92 Å². The summed E-state index contributed by atoms with van der Waals surface area (Å²) in [6.07, 6.45) is 1.23. The van der Waals surface area contributed by atoms with Crippen LogP contribution in [0, 0.1) is 18.7 Å². The van der Waals surface area contributed by atoms with Crippen molar-refractivity contribution in [2.75, 3.05) is 6.54 Å². The summed E-state index contributed by atoms with van der Waals surface area (Å²) in [4.78, 5) is 11.6. The Labute approximate surface area is 138 Å². The van der Waals surface area contributed by atoms with Gasteiger partial charge in [-0.15, -0.1) is 0 Å². The molecule has 130 valence electrons. The van der Waals surface area contributed by atoms with E-state index in [0.717, 1.165) is 4.31 Å². The summed E-state index contributed by atoms with van der Waals surface area (Å²) in [6, 6.07) is 2.63. The Kier molecular flexibility index (Phi) is 4.13. The normalized spacial score (nSPS) is 22.8. The Morgan fingerprint density at radius 2 is 2.12 bits per heavy atom. The van der Waals surface area contributed by atoms with E-state index < -0.39 is 27.9 Å². The zero-order valence-corrected chi connectivity index (χ0v) is 14.1. The molecule has 0 radical (unpaired) electrons. The van der Waals surface area contributed by atoms with Gasteiger partial charge in [0.05, 0.1) is 0 Å². The molecule has 2 unspecified atom stereocenters. The molecule has 1 fully saturated rings. The Morgan fingerprint density at radius 1 is 1.42 bits per heavy atom. The number of hydrogen-bond acceptors (Lipinski definition) is 4. The van der Waals surface area contributed by atoms with Crippen molar-refractivity contribution < 1.29 is 27.1 Å². The predicted octanol–water partition coefficient (Wildman–Crippen LogP) is 2.75. The fraction of sp³-hybridized carbons (Fsp3) is 0.438. The molecule has 2 heterocycles. The zero-order chi connectivity index (χ0) is 17.6. The van der Waals surface area contributed by atoms with Crippen molar-refractivity contribution >= 4 is 27.0 Å². The van der Waals surface area contributed by atoms with E-state index in [1.807, 2.05) is 0 Å². The first-order chi connectivity index (χ1) is 11.2. The van der Waals surface area contributed by atoms with Crippen molar-refractivity contribution in [3.63, 3.8) is 0 Å². The number of carboxylic acids is 1. The fourth-order valence-electron chi connectivity index (χ4n) is 3.31. The van der Waals surface area contributed by atoms with Gasteiger partial charge < -0.3 is 9.52 Å². The van der Waals surface area contributed by atoms with Crippen LogP contribution < -0.4 is 0 Å². The number of rotatable bonds is 3. The first-order valence-electron chi connectivity index (χ1n) is 7.67. The number of sulfonamides is 1. The van der Waals surface area contributed by atoms with Crippen LogP contribution in [0.3, 0.4) is 0 Å². The quantitative estimate of drug-likeness (QED) is 0.915. The summed E-state index contributed by atoms with van der Waals surface area (Å²) in [5, 5.41) is 9.50. The van der Waals surface area contributed by atoms with Crippen LogP contribution in [0.15, 0.2) is 27.7 Å². The number of halogens is 1. The van der Waals surface area contributed by atoms with Gasteiger partial charge in [-0.05, 0) is 43.9 Å². The van der Waals surface area contributed by atoms with E-state index >= 15 is 0 Å². The average molecular weight is 355 g/mol. The molecule has 0 amide bonds. The summed E-state index contributed by atoms with van der Waals surface area (Å²) in [7, 11) is -4.13. The van der Waals surface area contributed by atoms with Crippen LogP contribution >= 0.6 is 0 Å². The molecule has 24 heavy (non-hydrogen) atoms. The Hall–Kier alpha value is -1.93. The number of nitrogens with zero attached hydrogens (tertiary/aromatic N) is 1. The van der Waals surface area contributed by atoms with Crippen LogP contribution in [0.25, 0.3) is 11.0 Å². The van der Waals surface area contributed by atoms with Crippen LogP contribution in [0.5, 0.6) is 0 Å². The highest BCUT2D eigenvalue weighted by Gasteiger charge is 2.43. The fourth-order valence-corrected chi connectivity index (χ4v) is 5.18. The van der Waals surface area contributed by atoms with Gasteiger partial charge in [0.25, 0.3) is 10.0 Å². The Balaban J connectivity index is 2.13. The summed E-state index contributed by atoms with van der Waals surface area (Å²) >= 11 is 0. The summed E-state index contributed by atoms with van der Waals surface area (Å²) < 4.78 is 45.8. The lowest BCUT2D eigenvalue weighted by Gasteiger charge is -2.35. The molecular formula is C16H18FNO5S. The number of aryl methyl sites for hydroxylation is 1. The molecular weight excluding hydrogens is 337 g/mol. The molecule has 8 heteroatoms. The standard InChI is InChI=1S/C16H18FNO5S/c1-9-4-3-7-18(14(9)15(19)20)24(21,22)16-10(2)12-8-11(17)5-6-13(12)23-16/h5-6,8-9,14H,3-4,7H2,1-2H3,(H,19,20). The van der Waals surface area contributed by atoms with Crippen molar-refractivity contribution in [2.45, 2.75) is 37.8 Å². The minimum absolute atomic E-state index is 0.120. The van der Waals surface area contributed by atoms with Crippen LogP contribution in [0.4, 0.5) is 4.39 Å². The van der Waals surface area contributed by atoms with Crippen LogP contribution in [0.2, 0.25) is 0 Å². The van der Waals surface area contributed by atoms with Gasteiger partial charge in [0.1, 0.15) is 17.4 Å². The van der Waals surface area contributed by atoms with Gasteiger partial charge in [0, 0.05) is 17.5 Å². The van der Waals surface area contributed by atoms with E-state index in [0.29, 0.717) is 18.2 Å². The second-order valence-corrected chi connectivity index (χ2v) is 7.96. The van der Waals surface area contributed by atoms with Crippen molar-refractivity contribution in [1.82, 2.24) is 4.31 Å². The van der Waals surface area contributed by atoms with E-state index in [-0.39, 0.29) is 28.7 Å². The molecule has 1 aromatic heterocycles. The van der Waals surface area contributed by atoms with E-state index in [4.69, 9.17) is 4.42 Å². The van der Waals surface area contributed by atoms with Gasteiger partial charge in [-0.2, -0.15) is 4.31 Å². The summed E-state index contributed by atoms with van der Waals surface area (Å²) in [5.74, 6) is -1.97. The lowest BCUT2D eigenvalue weighted by Crippen LogP contribution is -2.51. The molecule has 0 spiro atoms. The first-order valence-corrected chi connectivity index (χ1v) is 9.11. The lowest BCUT2D eigenvalue weighted by atomic mass is 9.93. The molecule has 0 bridgehead atoms. The number of carboxylic acid groups (broad SMARTS) is 1. The third kappa shape index (κ3) is 2.59. The Bertz CT molecular complexity index is 905. The summed E-state index contributed by atoms with van der Waals surface area (Å²) in [6.45, 7) is 3.37. The van der Waals surface area contributed by atoms with Crippen molar-refractivity contribution in [1.29, 1.82) is 0 Å². The minimum atomic E-state index is -4.13. The molecule has 1 N–H and O–H groups in total. The summed E-state index contributed by atoms with van der Waals surface area (Å²) in [5.41, 5.74) is 0.538. The number of fused-ring (bicyclic) bond motifs is 1. The number of carbonyl (C=O) groups is 1. The smallest absolute Gasteiger partial charge is 0.322 e. The number of benzene rings is 1. The van der Waals surface area contributed by atoms with Crippen molar-refractivity contribution in [2.24, 2.45) is 5.92 Å². The minimum Gasteiger partial charge on any atom is -0.480 e. The molecule has 1 aliphatic rings. The molecule has 3 rings (SSSR count). The van der Waals surface area contributed by atoms with Gasteiger partial charge >= 0.3 is 5.97 Å². The largest absolute Gasteiger partial charge is 0.480 e. The van der Waals surface area contributed by atoms with Crippen LogP contribution in [-0.4, -0.2) is 36.4 Å². The topological polar surface area (TPSA) is 87.8 Å². The van der Waals surface area contributed by atoms with E-state index in [9.17, 15) is 22.7 Å². The van der Waals surface area contributed by atoms with Crippen LogP contribution in [-0.2, 0) is 14.8 Å². The predicted molar refractivity (Wildman–Crippen MR) is 84.6 cm³/mol. The molecule has 0 saturated carbocycles. The highest BCUT2D eigenvalue weighted by Crippen LogP contribution is 2.34. The highest BCUT2D eigenvalue weighted by atomic mass is 32.2. The molecule has 1 aliphatic heterocycles. The molecule has 1 saturated heterocycles. The third-order valence-electron chi connectivity index (χ3n) is 4.54. The number of furan rings is 1. The van der Waals surface area contributed by atoms with Crippen LogP contribution in [0.1, 0.15) is 25.3 Å². The number of piperidine rings is 1. The lowest BCUT2D eigenvalue weighted by molar-refractivity contribution is -0.144. The maximum absolute atomic E-state index is 13.4. The van der Waals surface area contributed by atoms with Crippen molar-refractivity contribution in [3.05, 3.63) is 29.6 Å². The number of hydrogen-bond donors (Lipinski definition) is 1. The maximum atomic E-state index is 13.4. The average Bonchev–Trinajstić information content (AvgIpc) is 2.84. The van der Waals surface area contributed by atoms with E-state index in [1.165, 1.54) is 25.1 Å². The highest BCUT2D eigenvalue weighted by molar-refractivity contribution is 7.89. The molecule has 1 aromatic carbocycles. The van der Waals surface area contributed by atoms with Gasteiger partial charge in [-0.1, -0.05) is 6.92 Å². The molecule has 2 atom stereocenters.